The molecule has 0 spiro atoms. The molecule has 8 N–H and O–H groups in total. The van der Waals surface area contributed by atoms with Crippen LogP contribution in [0, 0.1) is 0 Å². The number of benzene rings is 2. The average molecular weight is 250 g/mol. The molecule has 92 valence electrons. The van der Waals surface area contributed by atoms with Crippen LogP contribution in [-0.4, -0.2) is 0 Å². The molecule has 5 heteroatoms. The first-order valence-electron chi connectivity index (χ1n) is 4.80. The number of hydrogen-bond donors (Lipinski definition) is 4. The number of nitrogens with two attached hydrogens (primary N) is 4. The summed E-state index contributed by atoms with van der Waals surface area (Å²) >= 11 is 0. The van der Waals surface area contributed by atoms with Gasteiger partial charge in [0.15, 0.2) is 0 Å². The van der Waals surface area contributed by atoms with Gasteiger partial charge in [-0.25, -0.2) is 0 Å². The zero-order valence-electron chi connectivity index (χ0n) is 9.43. The summed E-state index contributed by atoms with van der Waals surface area (Å²) in [6, 6.07) is 14.2. The third kappa shape index (κ3) is 6.21. The quantitative estimate of drug-likeness (QED) is 0.535. The zero-order valence-corrected chi connectivity index (χ0v) is 10.4. The Hall–Kier alpha value is -2.01. The standard InChI is InChI=1S/2C6H8N2.H2S/c2*7-5-1-2-6(8)4-3-5;/h2*1-4H,7-8H2;1H2. The van der Waals surface area contributed by atoms with E-state index in [9.17, 15) is 0 Å². The Bertz CT molecular complexity index is 340. The summed E-state index contributed by atoms with van der Waals surface area (Å²) in [6.45, 7) is 0. The van der Waals surface area contributed by atoms with Crippen LogP contribution in [-0.2, 0) is 0 Å². The van der Waals surface area contributed by atoms with E-state index in [1.54, 1.807) is 48.5 Å². The Morgan fingerprint density at radius 3 is 0.647 bits per heavy atom. The molecule has 2 aromatic rings. The van der Waals surface area contributed by atoms with Crippen molar-refractivity contribution in [1.82, 2.24) is 0 Å². The molecule has 0 fully saturated rings. The lowest BCUT2D eigenvalue weighted by atomic mass is 10.3. The van der Waals surface area contributed by atoms with Crippen molar-refractivity contribution in [3.8, 4) is 0 Å². The highest BCUT2D eigenvalue weighted by Crippen LogP contribution is 2.05. The minimum absolute atomic E-state index is 0. The highest BCUT2D eigenvalue weighted by atomic mass is 32.1. The monoisotopic (exact) mass is 250 g/mol. The molecule has 0 aliphatic carbocycles. The normalized spacial score (nSPS) is 8.47. The van der Waals surface area contributed by atoms with Crippen molar-refractivity contribution in [2.24, 2.45) is 0 Å². The zero-order chi connectivity index (χ0) is 12.0. The number of rotatable bonds is 0. The van der Waals surface area contributed by atoms with E-state index in [-0.39, 0.29) is 13.5 Å². The topological polar surface area (TPSA) is 104 Å². The fraction of sp³-hybridized carbons (Fsp3) is 0. The summed E-state index contributed by atoms with van der Waals surface area (Å²) in [7, 11) is 0. The van der Waals surface area contributed by atoms with Gasteiger partial charge in [0.1, 0.15) is 0 Å². The van der Waals surface area contributed by atoms with Crippen molar-refractivity contribution in [3.05, 3.63) is 48.5 Å². The molecule has 0 amide bonds. The second kappa shape index (κ2) is 7.29. The molecule has 0 heterocycles. The van der Waals surface area contributed by atoms with E-state index >= 15 is 0 Å². The van der Waals surface area contributed by atoms with Crippen LogP contribution >= 0.6 is 13.5 Å². The molecule has 0 saturated heterocycles. The van der Waals surface area contributed by atoms with Gasteiger partial charge in [-0.2, -0.15) is 13.5 Å². The summed E-state index contributed by atoms with van der Waals surface area (Å²) in [6.07, 6.45) is 0. The lowest BCUT2D eigenvalue weighted by Gasteiger charge is -1.90. The molecule has 0 bridgehead atoms. The Kier molecular flexibility index (Phi) is 6.43. The summed E-state index contributed by atoms with van der Waals surface area (Å²) < 4.78 is 0. The van der Waals surface area contributed by atoms with E-state index in [2.05, 4.69) is 0 Å². The smallest absolute Gasteiger partial charge is 0.0315 e. The number of anilines is 4. The van der Waals surface area contributed by atoms with Crippen LogP contribution in [0.25, 0.3) is 0 Å². The van der Waals surface area contributed by atoms with Gasteiger partial charge in [-0.15, -0.1) is 0 Å². The molecule has 0 aliphatic rings. The van der Waals surface area contributed by atoms with E-state index in [1.165, 1.54) is 0 Å². The Balaban J connectivity index is 0.000000284. The SMILES string of the molecule is Nc1ccc(N)cc1.Nc1ccc(N)cc1.S. The van der Waals surface area contributed by atoms with Crippen molar-refractivity contribution in [2.45, 2.75) is 0 Å². The van der Waals surface area contributed by atoms with Gasteiger partial charge < -0.3 is 22.9 Å². The summed E-state index contributed by atoms with van der Waals surface area (Å²) in [4.78, 5) is 0. The van der Waals surface area contributed by atoms with Gasteiger partial charge >= 0.3 is 0 Å². The highest BCUT2D eigenvalue weighted by molar-refractivity contribution is 7.59. The maximum absolute atomic E-state index is 5.37. The van der Waals surface area contributed by atoms with Crippen LogP contribution < -0.4 is 22.9 Å². The summed E-state index contributed by atoms with van der Waals surface area (Å²) in [5.41, 5.74) is 24.5. The fourth-order valence-corrected chi connectivity index (χ4v) is 0.992. The second-order valence-corrected chi connectivity index (χ2v) is 3.33. The molecule has 0 atom stereocenters. The van der Waals surface area contributed by atoms with E-state index in [0.29, 0.717) is 0 Å². The molecule has 0 saturated carbocycles. The van der Waals surface area contributed by atoms with Gasteiger partial charge in [-0.3, -0.25) is 0 Å². The van der Waals surface area contributed by atoms with Gasteiger partial charge in [0, 0.05) is 22.7 Å². The number of hydrogen-bond acceptors (Lipinski definition) is 4. The Morgan fingerprint density at radius 1 is 0.412 bits per heavy atom. The van der Waals surface area contributed by atoms with Crippen LogP contribution in [0.2, 0.25) is 0 Å². The highest BCUT2D eigenvalue weighted by Gasteiger charge is 1.81. The van der Waals surface area contributed by atoms with Gasteiger partial charge in [-0.05, 0) is 48.5 Å². The van der Waals surface area contributed by atoms with Crippen LogP contribution in [0.3, 0.4) is 0 Å². The van der Waals surface area contributed by atoms with Gasteiger partial charge in [0.25, 0.3) is 0 Å². The third-order valence-corrected chi connectivity index (χ3v) is 1.87. The van der Waals surface area contributed by atoms with Crippen molar-refractivity contribution in [3.63, 3.8) is 0 Å². The maximum Gasteiger partial charge on any atom is 0.0315 e. The van der Waals surface area contributed by atoms with Crippen molar-refractivity contribution in [2.75, 3.05) is 22.9 Å². The number of nitrogen functional groups attached to an aromatic ring is 4. The first kappa shape index (κ1) is 15.0. The molecule has 0 unspecified atom stereocenters. The summed E-state index contributed by atoms with van der Waals surface area (Å²) in [5, 5.41) is 0. The van der Waals surface area contributed by atoms with E-state index in [4.69, 9.17) is 22.9 Å². The molecular weight excluding hydrogens is 232 g/mol. The van der Waals surface area contributed by atoms with Crippen molar-refractivity contribution in [1.29, 1.82) is 0 Å². The molecule has 0 aliphatic heterocycles. The Morgan fingerprint density at radius 2 is 0.529 bits per heavy atom. The van der Waals surface area contributed by atoms with Crippen LogP contribution in [0.15, 0.2) is 48.5 Å². The molecule has 2 aromatic carbocycles. The fourth-order valence-electron chi connectivity index (χ4n) is 0.992. The van der Waals surface area contributed by atoms with Crippen LogP contribution in [0.5, 0.6) is 0 Å². The van der Waals surface area contributed by atoms with E-state index in [1.807, 2.05) is 0 Å². The molecule has 17 heavy (non-hydrogen) atoms. The van der Waals surface area contributed by atoms with Crippen LogP contribution in [0.1, 0.15) is 0 Å². The predicted octanol–water partition coefficient (Wildman–Crippen LogP) is 1.81. The minimum atomic E-state index is 0. The van der Waals surface area contributed by atoms with E-state index in [0.717, 1.165) is 22.7 Å². The lowest BCUT2D eigenvalue weighted by Crippen LogP contribution is -1.86. The average Bonchev–Trinajstić information content (AvgIpc) is 2.28. The predicted molar refractivity (Wildman–Crippen MR) is 80.9 cm³/mol. The largest absolute Gasteiger partial charge is 0.399 e. The van der Waals surface area contributed by atoms with Gasteiger partial charge in [-0.1, -0.05) is 0 Å². The molecule has 0 aromatic heterocycles. The van der Waals surface area contributed by atoms with Gasteiger partial charge in [0.2, 0.25) is 0 Å². The first-order valence-corrected chi connectivity index (χ1v) is 4.80. The summed E-state index contributed by atoms with van der Waals surface area (Å²) in [5.74, 6) is 0. The van der Waals surface area contributed by atoms with Crippen molar-refractivity contribution >= 4 is 36.2 Å². The Labute approximate surface area is 108 Å². The molecule has 0 radical (unpaired) electrons. The van der Waals surface area contributed by atoms with Crippen LogP contribution in [0.4, 0.5) is 22.7 Å². The second-order valence-electron chi connectivity index (χ2n) is 3.33. The molecule has 2 rings (SSSR count). The first-order chi connectivity index (χ1) is 7.58. The maximum atomic E-state index is 5.37. The van der Waals surface area contributed by atoms with Crippen molar-refractivity contribution < 1.29 is 0 Å². The molecular formula is C12H18N4S. The van der Waals surface area contributed by atoms with E-state index < -0.39 is 0 Å². The van der Waals surface area contributed by atoms with Gasteiger partial charge in [0.05, 0.1) is 0 Å². The molecule has 4 nitrogen and oxygen atoms in total. The third-order valence-electron chi connectivity index (χ3n) is 1.87. The minimum Gasteiger partial charge on any atom is -0.399 e. The lowest BCUT2D eigenvalue weighted by molar-refractivity contribution is 1.67.